The predicted molar refractivity (Wildman–Crippen MR) is 81.6 cm³/mol. The summed E-state index contributed by atoms with van der Waals surface area (Å²) in [5.74, 6) is -0.778. The Morgan fingerprint density at radius 3 is 2.78 bits per heavy atom. The smallest absolute Gasteiger partial charge is 0.241 e. The molecule has 0 aliphatic carbocycles. The largest absolute Gasteiger partial charge is 0.493 e. The molecular weight excluding hydrogens is 321 g/mol. The van der Waals surface area contributed by atoms with Crippen molar-refractivity contribution in [2.24, 2.45) is 0 Å². The van der Waals surface area contributed by atoms with Gasteiger partial charge < -0.3 is 4.74 Å². The summed E-state index contributed by atoms with van der Waals surface area (Å²) in [6.45, 7) is 0.0131. The van der Waals surface area contributed by atoms with Crippen molar-refractivity contribution in [2.75, 3.05) is 13.2 Å². The Morgan fingerprint density at radius 2 is 2.00 bits per heavy atom. The van der Waals surface area contributed by atoms with E-state index in [4.69, 9.17) is 4.74 Å². The number of ether oxygens (including phenoxy) is 1. The number of sulfonamides is 1. The lowest BCUT2D eigenvalue weighted by Gasteiger charge is -2.08. The molecule has 0 saturated heterocycles. The molecular formula is C16H14FNO4S. The number of benzene rings is 2. The summed E-state index contributed by atoms with van der Waals surface area (Å²) >= 11 is 0. The van der Waals surface area contributed by atoms with Crippen LogP contribution in [-0.4, -0.2) is 27.4 Å². The van der Waals surface area contributed by atoms with Gasteiger partial charge in [-0.2, -0.15) is 0 Å². The zero-order valence-electron chi connectivity index (χ0n) is 12.1. The first-order valence-corrected chi connectivity index (χ1v) is 8.49. The minimum atomic E-state index is -3.87. The van der Waals surface area contributed by atoms with Crippen LogP contribution in [0.15, 0.2) is 47.4 Å². The molecule has 1 heterocycles. The van der Waals surface area contributed by atoms with Gasteiger partial charge in [0.1, 0.15) is 11.6 Å². The van der Waals surface area contributed by atoms with Crippen molar-refractivity contribution in [1.29, 1.82) is 0 Å². The van der Waals surface area contributed by atoms with Gasteiger partial charge in [0.05, 0.1) is 23.6 Å². The number of nitrogens with one attached hydrogen (secondary N) is 1. The fourth-order valence-electron chi connectivity index (χ4n) is 2.34. The van der Waals surface area contributed by atoms with Gasteiger partial charge in [-0.05, 0) is 23.8 Å². The molecule has 0 bridgehead atoms. The topological polar surface area (TPSA) is 72.5 Å². The van der Waals surface area contributed by atoms with Crippen molar-refractivity contribution in [3.8, 4) is 5.75 Å². The van der Waals surface area contributed by atoms with E-state index < -0.39 is 28.2 Å². The second-order valence-corrected chi connectivity index (χ2v) is 6.86. The van der Waals surface area contributed by atoms with Crippen molar-refractivity contribution in [3.63, 3.8) is 0 Å². The number of fused-ring (bicyclic) bond motifs is 1. The molecule has 2 aromatic rings. The van der Waals surface area contributed by atoms with E-state index >= 15 is 0 Å². The minimum Gasteiger partial charge on any atom is -0.493 e. The summed E-state index contributed by atoms with van der Waals surface area (Å²) < 4.78 is 45.5. The van der Waals surface area contributed by atoms with E-state index in [0.29, 0.717) is 12.4 Å². The minimum absolute atomic E-state index is 0.0134. The van der Waals surface area contributed by atoms with E-state index in [2.05, 4.69) is 4.72 Å². The van der Waals surface area contributed by atoms with Crippen molar-refractivity contribution >= 4 is 15.8 Å². The van der Waals surface area contributed by atoms with E-state index in [0.717, 1.165) is 18.1 Å². The van der Waals surface area contributed by atoms with Gasteiger partial charge in [-0.3, -0.25) is 4.79 Å². The lowest BCUT2D eigenvalue weighted by Crippen LogP contribution is -2.30. The summed E-state index contributed by atoms with van der Waals surface area (Å²) in [5.41, 5.74) is 0.805. The van der Waals surface area contributed by atoms with Crippen LogP contribution in [0.3, 0.4) is 0 Å². The zero-order chi connectivity index (χ0) is 16.4. The van der Waals surface area contributed by atoms with Gasteiger partial charge >= 0.3 is 0 Å². The molecule has 23 heavy (non-hydrogen) atoms. The van der Waals surface area contributed by atoms with Gasteiger partial charge in [-0.15, -0.1) is 0 Å². The van der Waals surface area contributed by atoms with E-state index in [1.165, 1.54) is 30.3 Å². The molecule has 0 radical (unpaired) electrons. The molecule has 5 nitrogen and oxygen atoms in total. The first-order chi connectivity index (χ1) is 11.0. The van der Waals surface area contributed by atoms with Crippen LogP contribution < -0.4 is 9.46 Å². The molecule has 3 rings (SSSR count). The van der Waals surface area contributed by atoms with Crippen LogP contribution in [0.2, 0.25) is 0 Å². The Labute approximate surface area is 133 Å². The summed E-state index contributed by atoms with van der Waals surface area (Å²) in [6.07, 6.45) is 0.745. The normalized spacial score (nSPS) is 13.4. The highest BCUT2D eigenvalue weighted by molar-refractivity contribution is 7.89. The molecule has 1 aliphatic heterocycles. The van der Waals surface area contributed by atoms with Crippen LogP contribution >= 0.6 is 0 Å². The van der Waals surface area contributed by atoms with Crippen molar-refractivity contribution in [2.45, 2.75) is 11.3 Å². The Hall–Kier alpha value is -2.25. The number of carbonyl (C=O) groups excluding carboxylic acids is 1. The molecule has 120 valence electrons. The summed E-state index contributed by atoms with van der Waals surface area (Å²) in [7, 11) is -3.87. The van der Waals surface area contributed by atoms with Crippen LogP contribution in [0, 0.1) is 5.82 Å². The maximum absolute atomic E-state index is 13.5. The average Bonchev–Trinajstić information content (AvgIpc) is 3.00. The highest BCUT2D eigenvalue weighted by Crippen LogP contribution is 2.27. The molecule has 0 amide bonds. The second kappa shape index (κ2) is 6.10. The third-order valence-corrected chi connectivity index (χ3v) is 4.97. The van der Waals surface area contributed by atoms with Gasteiger partial charge in [0.15, 0.2) is 5.78 Å². The third-order valence-electron chi connectivity index (χ3n) is 3.57. The number of Topliss-reactive ketones (excluding diaryl/α,β-unsaturated/α-hetero) is 1. The number of halogens is 1. The first-order valence-electron chi connectivity index (χ1n) is 7.00. The van der Waals surface area contributed by atoms with Crippen LogP contribution in [0.1, 0.15) is 15.9 Å². The van der Waals surface area contributed by atoms with Crippen LogP contribution in [0.5, 0.6) is 5.75 Å². The van der Waals surface area contributed by atoms with Crippen molar-refractivity contribution in [1.82, 2.24) is 4.72 Å². The first kappa shape index (κ1) is 15.6. The molecule has 7 heteroatoms. The lowest BCUT2D eigenvalue weighted by molar-refractivity contribution is 0.0993. The number of ketones is 1. The highest BCUT2D eigenvalue weighted by atomic mass is 32.2. The maximum atomic E-state index is 13.5. The Balaban J connectivity index is 1.74. The van der Waals surface area contributed by atoms with Gasteiger partial charge in [0, 0.05) is 12.5 Å². The van der Waals surface area contributed by atoms with Gasteiger partial charge in [0.25, 0.3) is 0 Å². The van der Waals surface area contributed by atoms with Gasteiger partial charge in [0.2, 0.25) is 10.0 Å². The molecule has 0 saturated carbocycles. The summed E-state index contributed by atoms with van der Waals surface area (Å²) in [4.78, 5) is 12.0. The van der Waals surface area contributed by atoms with Crippen molar-refractivity contribution in [3.05, 3.63) is 59.4 Å². The molecule has 1 aliphatic rings. The van der Waals surface area contributed by atoms with E-state index in [1.54, 1.807) is 6.07 Å². The fourth-order valence-corrected chi connectivity index (χ4v) is 3.34. The maximum Gasteiger partial charge on any atom is 0.241 e. The van der Waals surface area contributed by atoms with Gasteiger partial charge in [-0.25, -0.2) is 17.5 Å². The zero-order valence-corrected chi connectivity index (χ0v) is 12.9. The number of rotatable bonds is 5. The number of hydrogen-bond donors (Lipinski definition) is 1. The molecule has 0 unspecified atom stereocenters. The highest BCUT2D eigenvalue weighted by Gasteiger charge is 2.21. The lowest BCUT2D eigenvalue weighted by atomic mass is 10.1. The SMILES string of the molecule is O=C(CNS(=O)(=O)c1ccc2c(c1)OCC2)c1ccccc1F. The Bertz CT molecular complexity index is 864. The van der Waals surface area contributed by atoms with E-state index in [-0.39, 0.29) is 10.5 Å². The van der Waals surface area contributed by atoms with E-state index in [1.807, 2.05) is 0 Å². The molecule has 0 atom stereocenters. The molecule has 2 aromatic carbocycles. The standard InChI is InChI=1S/C16H14FNO4S/c17-14-4-2-1-3-13(14)15(19)10-18-23(20,21)12-6-5-11-7-8-22-16(11)9-12/h1-6,9,18H,7-8,10H2. The van der Waals surface area contributed by atoms with Crippen LogP contribution in [0.25, 0.3) is 0 Å². The van der Waals surface area contributed by atoms with Crippen molar-refractivity contribution < 1.29 is 22.3 Å². The molecule has 0 fully saturated rings. The Morgan fingerprint density at radius 1 is 1.22 bits per heavy atom. The predicted octanol–water partition coefficient (Wildman–Crippen LogP) is 1.92. The monoisotopic (exact) mass is 335 g/mol. The summed E-state index contributed by atoms with van der Waals surface area (Å²) in [5, 5.41) is 0. The number of hydrogen-bond acceptors (Lipinski definition) is 4. The number of carbonyl (C=O) groups is 1. The van der Waals surface area contributed by atoms with Crippen LogP contribution in [0.4, 0.5) is 4.39 Å². The quantitative estimate of drug-likeness (QED) is 0.848. The second-order valence-electron chi connectivity index (χ2n) is 5.10. The molecule has 0 aromatic heterocycles. The van der Waals surface area contributed by atoms with E-state index in [9.17, 15) is 17.6 Å². The molecule has 0 spiro atoms. The Kier molecular flexibility index (Phi) is 4.14. The molecule has 1 N–H and O–H groups in total. The third kappa shape index (κ3) is 3.25. The van der Waals surface area contributed by atoms with Crippen LogP contribution in [-0.2, 0) is 16.4 Å². The van der Waals surface area contributed by atoms with Gasteiger partial charge in [-0.1, -0.05) is 18.2 Å². The fraction of sp³-hybridized carbons (Fsp3) is 0.188. The average molecular weight is 335 g/mol. The summed E-state index contributed by atoms with van der Waals surface area (Å²) in [6, 6.07) is 10.0.